The molecule has 0 fully saturated rings. The second kappa shape index (κ2) is 9.09. The van der Waals surface area contributed by atoms with Crippen LogP contribution in [0.5, 0.6) is 0 Å². The van der Waals surface area contributed by atoms with Gasteiger partial charge in [0.1, 0.15) is 0 Å². The van der Waals surface area contributed by atoms with Crippen molar-refractivity contribution in [1.29, 1.82) is 0 Å². The molecular weight excluding hydrogens is 416 g/mol. The highest BCUT2D eigenvalue weighted by atomic mass is 35.5. The molecule has 31 heavy (non-hydrogen) atoms. The van der Waals surface area contributed by atoms with Crippen molar-refractivity contribution in [3.8, 4) is 0 Å². The van der Waals surface area contributed by atoms with E-state index in [1.807, 2.05) is 40.1 Å². The van der Waals surface area contributed by atoms with Gasteiger partial charge in [-0.25, -0.2) is 9.67 Å². The number of aromatic nitrogens is 3. The Kier molecular flexibility index (Phi) is 6.50. The first-order chi connectivity index (χ1) is 14.7. The van der Waals surface area contributed by atoms with E-state index in [0.717, 1.165) is 16.7 Å². The van der Waals surface area contributed by atoms with E-state index >= 15 is 0 Å². The molecule has 0 aliphatic carbocycles. The first kappa shape index (κ1) is 22.2. The summed E-state index contributed by atoms with van der Waals surface area (Å²) in [6.07, 6.45) is 1.55. The van der Waals surface area contributed by atoms with E-state index in [1.54, 1.807) is 35.5 Å². The predicted molar refractivity (Wildman–Crippen MR) is 120 cm³/mol. The van der Waals surface area contributed by atoms with Crippen molar-refractivity contribution in [2.45, 2.75) is 20.4 Å². The third-order valence-corrected chi connectivity index (χ3v) is 4.86. The average Bonchev–Trinajstić information content (AvgIpc) is 3.09. The van der Waals surface area contributed by atoms with Gasteiger partial charge in [-0.1, -0.05) is 28.9 Å². The van der Waals surface area contributed by atoms with Crippen molar-refractivity contribution in [2.75, 3.05) is 14.1 Å². The summed E-state index contributed by atoms with van der Waals surface area (Å²) in [5.74, 6) is -0.488. The number of ketones is 1. The van der Waals surface area contributed by atoms with Crippen molar-refractivity contribution < 1.29 is 9.59 Å². The molecule has 0 atom stereocenters. The van der Waals surface area contributed by atoms with Crippen molar-refractivity contribution in [3.05, 3.63) is 74.9 Å². The Balaban J connectivity index is 1.95. The summed E-state index contributed by atoms with van der Waals surface area (Å²) in [6.45, 7) is 4.10. The number of hydrogen-bond donors (Lipinski definition) is 1. The minimum Gasteiger partial charge on any atom is -0.369 e. The maximum absolute atomic E-state index is 13.0. The van der Waals surface area contributed by atoms with Crippen LogP contribution in [0, 0.1) is 13.8 Å². The molecule has 1 aromatic heterocycles. The molecule has 9 heteroatoms. The molecule has 3 aromatic rings. The van der Waals surface area contributed by atoms with Crippen molar-refractivity contribution in [3.63, 3.8) is 0 Å². The number of carbonyl (C=O) groups excluding carboxylic acids is 2. The van der Waals surface area contributed by atoms with Gasteiger partial charge in [0.15, 0.2) is 17.3 Å². The summed E-state index contributed by atoms with van der Waals surface area (Å²) in [6, 6.07) is 10.7. The van der Waals surface area contributed by atoms with Crippen LogP contribution in [0.15, 0.2) is 41.4 Å². The fourth-order valence-corrected chi connectivity index (χ4v) is 3.42. The van der Waals surface area contributed by atoms with Crippen LogP contribution in [0.1, 0.15) is 43.1 Å². The number of rotatable bonds is 7. The molecule has 0 bridgehead atoms. The number of amides is 1. The number of primary amides is 1. The Labute approximate surface area is 185 Å². The van der Waals surface area contributed by atoms with Gasteiger partial charge in [-0.3, -0.25) is 9.59 Å². The van der Waals surface area contributed by atoms with Gasteiger partial charge in [-0.15, -0.1) is 5.10 Å². The van der Waals surface area contributed by atoms with Crippen molar-refractivity contribution >= 4 is 35.4 Å². The molecule has 2 N–H and O–H groups in total. The van der Waals surface area contributed by atoms with Gasteiger partial charge in [0.25, 0.3) is 5.91 Å². The SMILES string of the molecule is Cc1cc(Cn2nnc(C(N)=O)c2/N=C/N(C)C)cc(C)c1C(=O)c1ccc(Cl)cc1. The van der Waals surface area contributed by atoms with Crippen LogP contribution >= 0.6 is 11.6 Å². The maximum Gasteiger partial charge on any atom is 0.273 e. The molecular formula is C22H23ClN6O2. The lowest BCUT2D eigenvalue weighted by molar-refractivity contribution is 0.0994. The summed E-state index contributed by atoms with van der Waals surface area (Å²) in [4.78, 5) is 30.7. The first-order valence-electron chi connectivity index (χ1n) is 9.51. The fourth-order valence-electron chi connectivity index (χ4n) is 3.29. The average molecular weight is 439 g/mol. The molecule has 0 unspecified atom stereocenters. The van der Waals surface area contributed by atoms with Crippen LogP contribution in [-0.4, -0.2) is 52.0 Å². The molecule has 0 saturated carbocycles. The Morgan fingerprint density at radius 2 is 1.77 bits per heavy atom. The van der Waals surface area contributed by atoms with E-state index in [4.69, 9.17) is 17.3 Å². The topological polar surface area (TPSA) is 106 Å². The summed E-state index contributed by atoms with van der Waals surface area (Å²) in [5.41, 5.74) is 9.19. The highest BCUT2D eigenvalue weighted by molar-refractivity contribution is 6.30. The normalized spacial score (nSPS) is 11.1. The zero-order valence-electron chi connectivity index (χ0n) is 17.8. The highest BCUT2D eigenvalue weighted by Gasteiger charge is 2.19. The van der Waals surface area contributed by atoms with Crippen LogP contribution in [-0.2, 0) is 6.54 Å². The fraction of sp³-hybridized carbons (Fsp3) is 0.227. The number of nitrogens with zero attached hydrogens (tertiary/aromatic N) is 5. The Morgan fingerprint density at radius 1 is 1.16 bits per heavy atom. The van der Waals surface area contributed by atoms with Gasteiger partial charge in [0, 0.05) is 30.2 Å². The van der Waals surface area contributed by atoms with Crippen molar-refractivity contribution in [2.24, 2.45) is 10.7 Å². The number of carbonyl (C=O) groups is 2. The minimum absolute atomic E-state index is 0.00100. The van der Waals surface area contributed by atoms with Gasteiger partial charge in [0.2, 0.25) is 0 Å². The van der Waals surface area contributed by atoms with Crippen LogP contribution < -0.4 is 5.73 Å². The number of aliphatic imine (C=N–C) groups is 1. The zero-order chi connectivity index (χ0) is 22.7. The first-order valence-corrected chi connectivity index (χ1v) is 9.89. The molecule has 1 amide bonds. The van der Waals surface area contributed by atoms with Crippen LogP contribution in [0.3, 0.4) is 0 Å². The van der Waals surface area contributed by atoms with E-state index in [1.165, 1.54) is 4.68 Å². The summed E-state index contributed by atoms with van der Waals surface area (Å²) >= 11 is 5.93. The largest absolute Gasteiger partial charge is 0.369 e. The molecule has 0 spiro atoms. The molecule has 160 valence electrons. The summed E-state index contributed by atoms with van der Waals surface area (Å²) < 4.78 is 1.51. The minimum atomic E-state index is -0.701. The molecule has 8 nitrogen and oxygen atoms in total. The standard InChI is InChI=1S/C22H23ClN6O2/c1-13-9-15(10-14(2)18(13)20(30)16-5-7-17(23)8-6-16)11-29-22(25-12-28(3)4)19(21(24)31)26-27-29/h5-10,12H,11H2,1-4H3,(H2,24,31)/b25-12+. The number of nitrogens with two attached hydrogens (primary N) is 1. The van der Waals surface area contributed by atoms with E-state index < -0.39 is 5.91 Å². The van der Waals surface area contributed by atoms with E-state index in [-0.39, 0.29) is 17.3 Å². The Morgan fingerprint density at radius 3 is 2.32 bits per heavy atom. The number of hydrogen-bond acceptors (Lipinski definition) is 5. The third kappa shape index (κ3) is 4.97. The molecule has 3 rings (SSSR count). The van der Waals surface area contributed by atoms with E-state index in [9.17, 15) is 9.59 Å². The zero-order valence-corrected chi connectivity index (χ0v) is 18.5. The summed E-state index contributed by atoms with van der Waals surface area (Å²) in [5, 5.41) is 8.49. The molecule has 0 radical (unpaired) electrons. The molecule has 2 aromatic carbocycles. The van der Waals surface area contributed by atoms with Gasteiger partial charge >= 0.3 is 0 Å². The third-order valence-electron chi connectivity index (χ3n) is 4.61. The van der Waals surface area contributed by atoms with Crippen LogP contribution in [0.25, 0.3) is 0 Å². The lowest BCUT2D eigenvalue weighted by Gasteiger charge is -2.13. The Hall–Kier alpha value is -3.52. The van der Waals surface area contributed by atoms with E-state index in [2.05, 4.69) is 15.3 Å². The number of aryl methyl sites for hydroxylation is 2. The number of halogens is 1. The van der Waals surface area contributed by atoms with Gasteiger partial charge in [0.05, 0.1) is 12.9 Å². The van der Waals surface area contributed by atoms with Gasteiger partial charge in [-0.05, 0) is 54.8 Å². The Bertz CT molecular complexity index is 1140. The second-order valence-corrected chi connectivity index (χ2v) is 7.87. The summed E-state index contributed by atoms with van der Waals surface area (Å²) in [7, 11) is 3.62. The van der Waals surface area contributed by atoms with Crippen molar-refractivity contribution in [1.82, 2.24) is 19.9 Å². The molecule has 1 heterocycles. The van der Waals surface area contributed by atoms with Gasteiger partial charge < -0.3 is 10.6 Å². The smallest absolute Gasteiger partial charge is 0.273 e. The van der Waals surface area contributed by atoms with E-state index in [0.29, 0.717) is 22.7 Å². The quantitative estimate of drug-likeness (QED) is 0.346. The monoisotopic (exact) mass is 438 g/mol. The molecule has 0 saturated heterocycles. The predicted octanol–water partition coefficient (Wildman–Crippen LogP) is 3.15. The van der Waals surface area contributed by atoms with Gasteiger partial charge in [-0.2, -0.15) is 0 Å². The molecule has 0 aliphatic heterocycles. The highest BCUT2D eigenvalue weighted by Crippen LogP contribution is 2.24. The second-order valence-electron chi connectivity index (χ2n) is 7.43. The van der Waals surface area contributed by atoms with Crippen LogP contribution in [0.2, 0.25) is 5.02 Å². The van der Waals surface area contributed by atoms with Crippen LogP contribution in [0.4, 0.5) is 5.82 Å². The molecule has 0 aliphatic rings. The maximum atomic E-state index is 13.0. The lowest BCUT2D eigenvalue weighted by atomic mass is 9.93. The lowest BCUT2D eigenvalue weighted by Crippen LogP contribution is -2.13. The number of benzene rings is 2.